The van der Waals surface area contributed by atoms with Crippen molar-refractivity contribution in [3.8, 4) is 0 Å². The van der Waals surface area contributed by atoms with Gasteiger partial charge in [0.15, 0.2) is 0 Å². The minimum Gasteiger partial charge on any atom is -0.459 e. The van der Waals surface area contributed by atoms with Crippen LogP contribution in [0.15, 0.2) is 24.3 Å². The lowest BCUT2D eigenvalue weighted by molar-refractivity contribution is 0.0378. The molecule has 0 saturated carbocycles. The van der Waals surface area contributed by atoms with E-state index in [9.17, 15) is 4.79 Å². The minimum atomic E-state index is -0.256. The summed E-state index contributed by atoms with van der Waals surface area (Å²) in [6.45, 7) is 3.68. The number of ether oxygens (including phenoxy) is 1. The highest BCUT2D eigenvalue weighted by atomic mass is 127. The lowest BCUT2D eigenvalue weighted by Gasteiger charge is -2.07. The summed E-state index contributed by atoms with van der Waals surface area (Å²) in [5, 5.41) is 0. The molecule has 0 bridgehead atoms. The highest BCUT2D eigenvalue weighted by molar-refractivity contribution is 14.1. The predicted molar refractivity (Wildman–Crippen MR) is 59.7 cm³/mol. The molecule has 0 aliphatic carbocycles. The minimum absolute atomic E-state index is 0.0645. The lowest BCUT2D eigenvalue weighted by Crippen LogP contribution is -2.11. The summed E-state index contributed by atoms with van der Waals surface area (Å²) in [7, 11) is 0. The van der Waals surface area contributed by atoms with Crippen molar-refractivity contribution in [3.05, 3.63) is 33.4 Å². The lowest BCUT2D eigenvalue weighted by atomic mass is 10.2. The molecule has 0 fully saturated rings. The number of halogens is 1. The van der Waals surface area contributed by atoms with Crippen LogP contribution in [-0.4, -0.2) is 12.1 Å². The molecule has 3 heteroatoms. The van der Waals surface area contributed by atoms with Gasteiger partial charge in [-0.1, -0.05) is 6.07 Å². The number of carbonyl (C=O) groups excluding carboxylic acids is 1. The molecule has 0 spiro atoms. The van der Waals surface area contributed by atoms with Crippen LogP contribution in [0.5, 0.6) is 0 Å². The maximum Gasteiger partial charge on any atom is 0.338 e. The molecule has 0 aromatic heterocycles. The third-order valence-electron chi connectivity index (χ3n) is 1.40. The average molecular weight is 290 g/mol. The van der Waals surface area contributed by atoms with Crippen LogP contribution in [0.1, 0.15) is 24.2 Å². The standard InChI is InChI=1S/C10H11IO2/c1-7(2)13-10(12)8-4-3-5-9(11)6-8/h3-7H,1-2H3. The van der Waals surface area contributed by atoms with E-state index in [1.165, 1.54) is 0 Å². The Balaban J connectivity index is 2.77. The van der Waals surface area contributed by atoms with E-state index in [4.69, 9.17) is 4.74 Å². The zero-order chi connectivity index (χ0) is 9.84. The van der Waals surface area contributed by atoms with Crippen molar-refractivity contribution in [1.82, 2.24) is 0 Å². The zero-order valence-corrected chi connectivity index (χ0v) is 9.74. The molecule has 70 valence electrons. The molecular formula is C10H11IO2. The van der Waals surface area contributed by atoms with E-state index in [2.05, 4.69) is 22.6 Å². The van der Waals surface area contributed by atoms with E-state index in [1.807, 2.05) is 32.0 Å². The van der Waals surface area contributed by atoms with Crippen LogP contribution in [0.25, 0.3) is 0 Å². The van der Waals surface area contributed by atoms with Gasteiger partial charge in [-0.3, -0.25) is 0 Å². The Labute approximate surface area is 91.4 Å². The Morgan fingerprint density at radius 2 is 2.15 bits per heavy atom. The normalized spacial score (nSPS) is 10.2. The van der Waals surface area contributed by atoms with Gasteiger partial charge in [0.05, 0.1) is 11.7 Å². The summed E-state index contributed by atoms with van der Waals surface area (Å²) in [5.74, 6) is -0.256. The van der Waals surface area contributed by atoms with Crippen LogP contribution in [-0.2, 0) is 4.74 Å². The molecule has 0 unspecified atom stereocenters. The SMILES string of the molecule is CC(C)OC(=O)c1cccc(I)c1. The van der Waals surface area contributed by atoms with Gasteiger partial charge in [0.25, 0.3) is 0 Å². The summed E-state index contributed by atoms with van der Waals surface area (Å²) in [4.78, 5) is 11.4. The average Bonchev–Trinajstić information content (AvgIpc) is 2.03. The third kappa shape index (κ3) is 3.34. The van der Waals surface area contributed by atoms with Gasteiger partial charge in [0, 0.05) is 3.57 Å². The van der Waals surface area contributed by atoms with E-state index in [0.717, 1.165) is 3.57 Å². The fourth-order valence-electron chi connectivity index (χ4n) is 0.898. The van der Waals surface area contributed by atoms with Crippen LogP contribution < -0.4 is 0 Å². The van der Waals surface area contributed by atoms with Gasteiger partial charge >= 0.3 is 5.97 Å². The molecule has 1 rings (SSSR count). The van der Waals surface area contributed by atoms with Gasteiger partial charge in [-0.05, 0) is 54.6 Å². The van der Waals surface area contributed by atoms with E-state index in [1.54, 1.807) is 6.07 Å². The van der Waals surface area contributed by atoms with Gasteiger partial charge in [0.2, 0.25) is 0 Å². The van der Waals surface area contributed by atoms with Crippen LogP contribution >= 0.6 is 22.6 Å². The highest BCUT2D eigenvalue weighted by Gasteiger charge is 2.08. The molecule has 0 N–H and O–H groups in total. The molecule has 0 heterocycles. The molecule has 1 aromatic rings. The molecule has 0 saturated heterocycles. The summed E-state index contributed by atoms with van der Waals surface area (Å²) >= 11 is 2.16. The van der Waals surface area contributed by atoms with Crippen molar-refractivity contribution >= 4 is 28.6 Å². The number of hydrogen-bond acceptors (Lipinski definition) is 2. The molecule has 0 aliphatic heterocycles. The number of hydrogen-bond donors (Lipinski definition) is 0. The Hall–Kier alpha value is -0.580. The second kappa shape index (κ2) is 4.60. The van der Waals surface area contributed by atoms with Crippen molar-refractivity contribution in [3.63, 3.8) is 0 Å². The van der Waals surface area contributed by atoms with Crippen molar-refractivity contribution in [2.24, 2.45) is 0 Å². The number of rotatable bonds is 2. The quantitative estimate of drug-likeness (QED) is 0.618. The summed E-state index contributed by atoms with van der Waals surface area (Å²) in [6, 6.07) is 7.35. The van der Waals surface area contributed by atoms with Crippen molar-refractivity contribution in [2.75, 3.05) is 0 Å². The Morgan fingerprint density at radius 1 is 1.46 bits per heavy atom. The summed E-state index contributed by atoms with van der Waals surface area (Å²) in [6.07, 6.45) is -0.0645. The van der Waals surface area contributed by atoms with Gasteiger partial charge in [-0.15, -0.1) is 0 Å². The molecule has 1 aromatic carbocycles. The monoisotopic (exact) mass is 290 g/mol. The molecule has 2 nitrogen and oxygen atoms in total. The van der Waals surface area contributed by atoms with E-state index in [0.29, 0.717) is 5.56 Å². The number of carbonyl (C=O) groups is 1. The fourth-order valence-corrected chi connectivity index (χ4v) is 1.44. The summed E-state index contributed by atoms with van der Waals surface area (Å²) < 4.78 is 6.09. The van der Waals surface area contributed by atoms with E-state index >= 15 is 0 Å². The maximum absolute atomic E-state index is 11.4. The zero-order valence-electron chi connectivity index (χ0n) is 7.58. The second-order valence-electron chi connectivity index (χ2n) is 2.96. The Bertz CT molecular complexity index is 308. The van der Waals surface area contributed by atoms with Crippen molar-refractivity contribution < 1.29 is 9.53 Å². The molecule has 13 heavy (non-hydrogen) atoms. The molecule has 0 atom stereocenters. The van der Waals surface area contributed by atoms with Crippen LogP contribution in [0.2, 0.25) is 0 Å². The van der Waals surface area contributed by atoms with Crippen LogP contribution in [0.3, 0.4) is 0 Å². The smallest absolute Gasteiger partial charge is 0.338 e. The first-order valence-electron chi connectivity index (χ1n) is 4.06. The van der Waals surface area contributed by atoms with Gasteiger partial charge in [-0.2, -0.15) is 0 Å². The first-order chi connectivity index (χ1) is 6.09. The second-order valence-corrected chi connectivity index (χ2v) is 4.21. The van der Waals surface area contributed by atoms with Gasteiger partial charge < -0.3 is 4.74 Å². The van der Waals surface area contributed by atoms with Crippen molar-refractivity contribution in [1.29, 1.82) is 0 Å². The third-order valence-corrected chi connectivity index (χ3v) is 2.07. The number of esters is 1. The van der Waals surface area contributed by atoms with Crippen LogP contribution in [0.4, 0.5) is 0 Å². The van der Waals surface area contributed by atoms with E-state index in [-0.39, 0.29) is 12.1 Å². The molecular weight excluding hydrogens is 279 g/mol. The molecule has 0 radical (unpaired) electrons. The largest absolute Gasteiger partial charge is 0.459 e. The predicted octanol–water partition coefficient (Wildman–Crippen LogP) is 2.86. The first kappa shape index (κ1) is 10.5. The maximum atomic E-state index is 11.4. The van der Waals surface area contributed by atoms with Crippen LogP contribution in [0, 0.1) is 3.57 Å². The number of benzene rings is 1. The summed E-state index contributed by atoms with van der Waals surface area (Å²) in [5.41, 5.74) is 0.612. The Kier molecular flexibility index (Phi) is 3.71. The highest BCUT2D eigenvalue weighted by Crippen LogP contribution is 2.09. The molecule has 0 aliphatic rings. The first-order valence-corrected chi connectivity index (χ1v) is 5.14. The topological polar surface area (TPSA) is 26.3 Å². The Morgan fingerprint density at radius 3 is 2.69 bits per heavy atom. The van der Waals surface area contributed by atoms with Crippen molar-refractivity contribution in [2.45, 2.75) is 20.0 Å². The fraction of sp³-hybridized carbons (Fsp3) is 0.300. The van der Waals surface area contributed by atoms with Gasteiger partial charge in [0.1, 0.15) is 0 Å². The van der Waals surface area contributed by atoms with Gasteiger partial charge in [-0.25, -0.2) is 4.79 Å². The molecule has 0 amide bonds. The van der Waals surface area contributed by atoms with E-state index < -0.39 is 0 Å².